The standard InChI is InChI=1S/C23H27N3O4S/c24-18(21(27)28)20-25-19(22(29)30-15-16-7-3-1-4-8-16)23(31-20)11-13-26(14-12-23)17-9-5-2-6-10-17/h1-10,18-20,25H,11-15,24H2,(H,27,28). The van der Waals surface area contributed by atoms with E-state index < -0.39 is 28.2 Å². The maximum Gasteiger partial charge on any atom is 0.324 e. The molecule has 4 rings (SSSR count). The first-order chi connectivity index (χ1) is 15.0. The highest BCUT2D eigenvalue weighted by molar-refractivity contribution is 8.01. The van der Waals surface area contributed by atoms with E-state index in [1.54, 1.807) is 0 Å². The molecule has 3 unspecified atom stereocenters. The minimum absolute atomic E-state index is 0.185. The number of benzene rings is 2. The average molecular weight is 442 g/mol. The molecule has 0 amide bonds. The molecule has 7 nitrogen and oxygen atoms in total. The molecule has 2 aliphatic rings. The van der Waals surface area contributed by atoms with Crippen molar-refractivity contribution in [3.63, 3.8) is 0 Å². The fourth-order valence-electron chi connectivity index (χ4n) is 4.26. The molecule has 2 heterocycles. The summed E-state index contributed by atoms with van der Waals surface area (Å²) in [5.41, 5.74) is 7.97. The predicted molar refractivity (Wildman–Crippen MR) is 121 cm³/mol. The summed E-state index contributed by atoms with van der Waals surface area (Å²) in [6, 6.07) is 18.0. The van der Waals surface area contributed by atoms with Crippen LogP contribution < -0.4 is 16.0 Å². The quantitative estimate of drug-likeness (QED) is 0.586. The molecule has 8 heteroatoms. The van der Waals surface area contributed by atoms with Crippen molar-refractivity contribution in [1.29, 1.82) is 0 Å². The molecular formula is C23H27N3O4S. The topological polar surface area (TPSA) is 105 Å². The van der Waals surface area contributed by atoms with Crippen molar-refractivity contribution < 1.29 is 19.4 Å². The molecule has 0 saturated carbocycles. The Hall–Kier alpha value is -2.55. The van der Waals surface area contributed by atoms with Crippen molar-refractivity contribution in [3.05, 3.63) is 66.2 Å². The number of carbonyl (C=O) groups excluding carboxylic acids is 1. The fourth-order valence-corrected chi connectivity index (χ4v) is 5.95. The lowest BCUT2D eigenvalue weighted by Crippen LogP contribution is -2.55. The lowest BCUT2D eigenvalue weighted by atomic mass is 9.87. The van der Waals surface area contributed by atoms with Crippen molar-refractivity contribution in [2.45, 2.75) is 41.7 Å². The van der Waals surface area contributed by atoms with E-state index in [0.717, 1.165) is 37.2 Å². The number of anilines is 1. The summed E-state index contributed by atoms with van der Waals surface area (Å²) < 4.78 is 5.18. The molecule has 1 spiro atoms. The summed E-state index contributed by atoms with van der Waals surface area (Å²) in [6.07, 6.45) is 1.46. The van der Waals surface area contributed by atoms with Crippen LogP contribution in [-0.4, -0.2) is 52.3 Å². The van der Waals surface area contributed by atoms with Crippen LogP contribution in [0.15, 0.2) is 60.7 Å². The third-order valence-electron chi connectivity index (χ3n) is 6.02. The highest BCUT2D eigenvalue weighted by Gasteiger charge is 2.55. The normalized spacial score (nSPS) is 23.5. The van der Waals surface area contributed by atoms with Gasteiger partial charge in [0.15, 0.2) is 0 Å². The van der Waals surface area contributed by atoms with Crippen molar-refractivity contribution in [2.24, 2.45) is 5.73 Å². The molecule has 2 aromatic rings. The van der Waals surface area contributed by atoms with Gasteiger partial charge in [-0.2, -0.15) is 0 Å². The number of nitrogens with one attached hydrogen (secondary N) is 1. The summed E-state index contributed by atoms with van der Waals surface area (Å²) in [5.74, 6) is -1.44. The lowest BCUT2D eigenvalue weighted by molar-refractivity contribution is -0.149. The number of nitrogens with two attached hydrogens (primary N) is 1. The summed E-state index contributed by atoms with van der Waals surface area (Å²) in [6.45, 7) is 1.73. The summed E-state index contributed by atoms with van der Waals surface area (Å²) in [5, 5.41) is 12.0. The number of hydrogen-bond acceptors (Lipinski definition) is 7. The number of esters is 1. The zero-order valence-electron chi connectivity index (χ0n) is 17.1. The van der Waals surface area contributed by atoms with Gasteiger partial charge in [-0.15, -0.1) is 11.8 Å². The van der Waals surface area contributed by atoms with Gasteiger partial charge in [-0.3, -0.25) is 14.9 Å². The number of nitrogens with zero attached hydrogens (tertiary/aromatic N) is 1. The third-order valence-corrected chi connectivity index (χ3v) is 7.82. The number of carbonyl (C=O) groups is 2. The maximum atomic E-state index is 13.1. The van der Waals surface area contributed by atoms with Gasteiger partial charge in [0, 0.05) is 23.5 Å². The fraction of sp³-hybridized carbons (Fsp3) is 0.391. The summed E-state index contributed by atoms with van der Waals surface area (Å²) in [7, 11) is 0. The first-order valence-electron chi connectivity index (χ1n) is 10.4. The Bertz CT molecular complexity index is 904. The Labute approximate surface area is 185 Å². The number of para-hydroxylation sites is 1. The smallest absolute Gasteiger partial charge is 0.324 e. The van der Waals surface area contributed by atoms with E-state index in [1.165, 1.54) is 11.8 Å². The van der Waals surface area contributed by atoms with Crippen LogP contribution in [0.3, 0.4) is 0 Å². The molecule has 0 aromatic heterocycles. The van der Waals surface area contributed by atoms with Crippen molar-refractivity contribution in [3.8, 4) is 0 Å². The second-order valence-corrected chi connectivity index (χ2v) is 9.54. The number of carboxylic acid groups (broad SMARTS) is 1. The minimum atomic E-state index is -1.10. The van der Waals surface area contributed by atoms with Crippen LogP contribution in [-0.2, 0) is 20.9 Å². The molecule has 2 aliphatic heterocycles. The highest BCUT2D eigenvalue weighted by Crippen LogP contribution is 2.47. The maximum absolute atomic E-state index is 13.1. The third kappa shape index (κ3) is 4.71. The van der Waals surface area contributed by atoms with Crippen LogP contribution in [0.1, 0.15) is 18.4 Å². The SMILES string of the molecule is NC(C(=O)O)C1NC(C(=O)OCc2ccccc2)C2(CCN(c3ccccc3)CC2)S1. The first kappa shape index (κ1) is 21.7. The van der Waals surface area contributed by atoms with E-state index in [9.17, 15) is 14.7 Å². The van der Waals surface area contributed by atoms with Crippen LogP contribution in [0.4, 0.5) is 5.69 Å². The Morgan fingerprint density at radius 1 is 1.13 bits per heavy atom. The highest BCUT2D eigenvalue weighted by atomic mass is 32.2. The number of carboxylic acids is 1. The van der Waals surface area contributed by atoms with E-state index in [1.807, 2.05) is 48.5 Å². The number of thioether (sulfide) groups is 1. The number of hydrogen-bond donors (Lipinski definition) is 3. The van der Waals surface area contributed by atoms with Gasteiger partial charge in [-0.05, 0) is 30.5 Å². The van der Waals surface area contributed by atoms with Crippen LogP contribution in [0.25, 0.3) is 0 Å². The van der Waals surface area contributed by atoms with E-state index in [-0.39, 0.29) is 12.6 Å². The number of aliphatic carboxylic acids is 1. The van der Waals surface area contributed by atoms with Gasteiger partial charge >= 0.3 is 11.9 Å². The van der Waals surface area contributed by atoms with Gasteiger partial charge in [-0.25, -0.2) is 0 Å². The Kier molecular flexibility index (Phi) is 6.50. The number of ether oxygens (including phenoxy) is 1. The number of piperidine rings is 1. The van der Waals surface area contributed by atoms with Gasteiger partial charge in [0.05, 0.1) is 5.37 Å². The molecule has 31 heavy (non-hydrogen) atoms. The molecule has 2 aromatic carbocycles. The average Bonchev–Trinajstić information content (AvgIpc) is 3.17. The van der Waals surface area contributed by atoms with E-state index in [2.05, 4.69) is 22.3 Å². The van der Waals surface area contributed by atoms with Crippen molar-refractivity contribution in [2.75, 3.05) is 18.0 Å². The molecule has 2 fully saturated rings. The summed E-state index contributed by atoms with van der Waals surface area (Å²) in [4.78, 5) is 26.9. The van der Waals surface area contributed by atoms with Gasteiger partial charge < -0.3 is 20.5 Å². The van der Waals surface area contributed by atoms with Gasteiger partial charge in [0.25, 0.3) is 0 Å². The van der Waals surface area contributed by atoms with Gasteiger partial charge in [0.2, 0.25) is 0 Å². The van der Waals surface area contributed by atoms with E-state index >= 15 is 0 Å². The van der Waals surface area contributed by atoms with Crippen LogP contribution in [0, 0.1) is 0 Å². The largest absolute Gasteiger partial charge is 0.480 e. The molecule has 164 valence electrons. The number of rotatable bonds is 6. The van der Waals surface area contributed by atoms with Crippen LogP contribution in [0.2, 0.25) is 0 Å². The van der Waals surface area contributed by atoms with Crippen molar-refractivity contribution >= 4 is 29.4 Å². The minimum Gasteiger partial charge on any atom is -0.480 e. The van der Waals surface area contributed by atoms with Gasteiger partial charge in [0.1, 0.15) is 18.7 Å². The second-order valence-electron chi connectivity index (χ2n) is 7.98. The zero-order valence-corrected chi connectivity index (χ0v) is 18.0. The molecule has 3 atom stereocenters. The zero-order chi connectivity index (χ0) is 21.8. The van der Waals surface area contributed by atoms with Crippen LogP contribution in [0.5, 0.6) is 0 Å². The van der Waals surface area contributed by atoms with Crippen molar-refractivity contribution in [1.82, 2.24) is 5.32 Å². The Morgan fingerprint density at radius 3 is 2.35 bits per heavy atom. The summed E-state index contributed by atoms with van der Waals surface area (Å²) >= 11 is 1.48. The second kappa shape index (κ2) is 9.30. The monoisotopic (exact) mass is 441 g/mol. The van der Waals surface area contributed by atoms with Gasteiger partial charge in [-0.1, -0.05) is 48.5 Å². The van der Waals surface area contributed by atoms with E-state index in [4.69, 9.17) is 10.5 Å². The molecule has 4 N–H and O–H groups in total. The molecular weight excluding hydrogens is 414 g/mol. The van der Waals surface area contributed by atoms with E-state index in [0.29, 0.717) is 0 Å². The first-order valence-corrected chi connectivity index (χ1v) is 11.3. The van der Waals surface area contributed by atoms with Crippen LogP contribution >= 0.6 is 11.8 Å². The lowest BCUT2D eigenvalue weighted by Gasteiger charge is -2.42. The molecule has 0 radical (unpaired) electrons. The molecule has 0 bridgehead atoms. The Balaban J connectivity index is 1.49. The molecule has 0 aliphatic carbocycles. The predicted octanol–water partition coefficient (Wildman–Crippen LogP) is 2.21. The Morgan fingerprint density at radius 2 is 1.74 bits per heavy atom. The molecule has 2 saturated heterocycles.